The van der Waals surface area contributed by atoms with E-state index in [0.717, 1.165) is 19.3 Å². The van der Waals surface area contributed by atoms with Crippen molar-refractivity contribution in [2.75, 3.05) is 7.05 Å². The quantitative estimate of drug-likeness (QED) is 0.792. The summed E-state index contributed by atoms with van der Waals surface area (Å²) < 4.78 is 13.2. The molecular weight excluding hydrogens is 267 g/mol. The molecular formula is C17H17FN2O. The van der Waals surface area contributed by atoms with Crippen LogP contribution in [0.5, 0.6) is 0 Å². The van der Waals surface area contributed by atoms with E-state index in [9.17, 15) is 9.18 Å². The molecule has 4 heteroatoms. The molecule has 1 atom stereocenters. The van der Waals surface area contributed by atoms with Crippen LogP contribution in [0.25, 0.3) is 0 Å². The summed E-state index contributed by atoms with van der Waals surface area (Å²) in [5.74, 6) is -0.795. The Morgan fingerprint density at radius 2 is 2.14 bits per heavy atom. The fourth-order valence-electron chi connectivity index (χ4n) is 3.01. The van der Waals surface area contributed by atoms with Gasteiger partial charge in [0.15, 0.2) is 0 Å². The lowest BCUT2D eigenvalue weighted by molar-refractivity contribution is 0.0714. The van der Waals surface area contributed by atoms with Gasteiger partial charge in [0.25, 0.3) is 5.91 Å². The molecule has 1 aromatic heterocycles. The number of benzene rings is 1. The number of aryl methyl sites for hydroxylation is 1. The molecule has 0 N–H and O–H groups in total. The van der Waals surface area contributed by atoms with E-state index in [0.29, 0.717) is 5.56 Å². The van der Waals surface area contributed by atoms with E-state index >= 15 is 0 Å². The van der Waals surface area contributed by atoms with Crippen molar-refractivity contribution in [3.63, 3.8) is 0 Å². The van der Waals surface area contributed by atoms with Crippen molar-refractivity contribution in [3.8, 4) is 0 Å². The predicted molar refractivity (Wildman–Crippen MR) is 78.4 cm³/mol. The Bertz CT molecular complexity index is 671. The van der Waals surface area contributed by atoms with Crippen molar-refractivity contribution in [1.82, 2.24) is 9.88 Å². The monoisotopic (exact) mass is 284 g/mol. The smallest absolute Gasteiger partial charge is 0.254 e. The van der Waals surface area contributed by atoms with E-state index in [1.165, 1.54) is 23.4 Å². The average molecular weight is 284 g/mol. The zero-order valence-corrected chi connectivity index (χ0v) is 11.9. The fraction of sp³-hybridized carbons (Fsp3) is 0.294. The largest absolute Gasteiger partial charge is 0.335 e. The second-order valence-electron chi connectivity index (χ2n) is 5.39. The number of hydrogen-bond donors (Lipinski definition) is 0. The maximum atomic E-state index is 13.2. The van der Waals surface area contributed by atoms with Gasteiger partial charge in [-0.3, -0.25) is 4.79 Å². The summed E-state index contributed by atoms with van der Waals surface area (Å²) in [6.07, 6.45) is 4.38. The third-order valence-corrected chi connectivity index (χ3v) is 4.10. The lowest BCUT2D eigenvalue weighted by Gasteiger charge is -2.33. The highest BCUT2D eigenvalue weighted by Gasteiger charge is 2.27. The molecule has 1 unspecified atom stereocenters. The van der Waals surface area contributed by atoms with Gasteiger partial charge >= 0.3 is 0 Å². The van der Waals surface area contributed by atoms with Crippen LogP contribution < -0.4 is 0 Å². The van der Waals surface area contributed by atoms with Crippen molar-refractivity contribution >= 4 is 5.91 Å². The molecule has 3 rings (SSSR count). The number of amides is 1. The fourth-order valence-corrected chi connectivity index (χ4v) is 3.01. The van der Waals surface area contributed by atoms with Crippen LogP contribution in [0.4, 0.5) is 4.39 Å². The first-order chi connectivity index (χ1) is 10.2. The summed E-state index contributed by atoms with van der Waals surface area (Å²) in [5.41, 5.74) is 2.84. The van der Waals surface area contributed by atoms with Gasteiger partial charge < -0.3 is 4.90 Å². The number of fused-ring (bicyclic) bond motifs is 1. The van der Waals surface area contributed by atoms with E-state index in [1.807, 2.05) is 12.1 Å². The lowest BCUT2D eigenvalue weighted by Crippen LogP contribution is -2.33. The molecule has 1 amide bonds. The predicted octanol–water partition coefficient (Wildman–Crippen LogP) is 3.37. The van der Waals surface area contributed by atoms with Crippen LogP contribution in [0.3, 0.4) is 0 Å². The second kappa shape index (κ2) is 5.64. The van der Waals surface area contributed by atoms with Gasteiger partial charge in [0.05, 0.1) is 6.04 Å². The molecule has 1 aromatic carbocycles. The minimum absolute atomic E-state index is 0.0543. The van der Waals surface area contributed by atoms with E-state index in [-0.39, 0.29) is 11.9 Å². The Morgan fingerprint density at radius 3 is 2.95 bits per heavy atom. The van der Waals surface area contributed by atoms with Crippen LogP contribution in [0, 0.1) is 5.95 Å². The number of carbonyl (C=O) groups excluding carboxylic acids is 1. The summed E-state index contributed by atoms with van der Waals surface area (Å²) in [6.45, 7) is 0. The number of aromatic nitrogens is 1. The van der Waals surface area contributed by atoms with Crippen LogP contribution in [0.1, 0.15) is 40.4 Å². The van der Waals surface area contributed by atoms with Crippen molar-refractivity contribution < 1.29 is 9.18 Å². The Hall–Kier alpha value is -2.23. The van der Waals surface area contributed by atoms with Gasteiger partial charge in [-0.2, -0.15) is 4.39 Å². The van der Waals surface area contributed by atoms with Crippen LogP contribution >= 0.6 is 0 Å². The third-order valence-electron chi connectivity index (χ3n) is 4.10. The molecule has 108 valence electrons. The SMILES string of the molecule is CN(C(=O)c1ccnc(F)c1)C1CCCc2ccccc21. The van der Waals surface area contributed by atoms with E-state index in [2.05, 4.69) is 17.1 Å². The number of nitrogens with zero attached hydrogens (tertiary/aromatic N) is 2. The molecule has 0 spiro atoms. The first kappa shape index (κ1) is 13.7. The van der Waals surface area contributed by atoms with Crippen molar-refractivity contribution in [2.24, 2.45) is 0 Å². The minimum atomic E-state index is -0.627. The minimum Gasteiger partial charge on any atom is -0.335 e. The van der Waals surface area contributed by atoms with Gasteiger partial charge in [-0.25, -0.2) is 4.98 Å². The van der Waals surface area contributed by atoms with Gasteiger partial charge in [-0.05, 0) is 36.5 Å². The lowest BCUT2D eigenvalue weighted by atomic mass is 9.87. The summed E-state index contributed by atoms with van der Waals surface area (Å²) >= 11 is 0. The highest BCUT2D eigenvalue weighted by molar-refractivity contribution is 5.94. The topological polar surface area (TPSA) is 33.2 Å². The highest BCUT2D eigenvalue weighted by atomic mass is 19.1. The van der Waals surface area contributed by atoms with Crippen LogP contribution in [-0.2, 0) is 6.42 Å². The molecule has 0 bridgehead atoms. The van der Waals surface area contributed by atoms with Gasteiger partial charge in [0.1, 0.15) is 0 Å². The normalized spacial score (nSPS) is 17.1. The number of halogens is 1. The van der Waals surface area contributed by atoms with Crippen LogP contribution in [0.2, 0.25) is 0 Å². The summed E-state index contributed by atoms with van der Waals surface area (Å²) in [4.78, 5) is 17.7. The Kier molecular flexibility index (Phi) is 3.69. The van der Waals surface area contributed by atoms with E-state index in [1.54, 1.807) is 18.0 Å². The van der Waals surface area contributed by atoms with Crippen molar-refractivity contribution in [1.29, 1.82) is 0 Å². The zero-order valence-electron chi connectivity index (χ0n) is 11.9. The molecule has 2 aromatic rings. The molecule has 0 fully saturated rings. The highest BCUT2D eigenvalue weighted by Crippen LogP contribution is 2.34. The van der Waals surface area contributed by atoms with Gasteiger partial charge in [0.2, 0.25) is 5.95 Å². The molecule has 1 aliphatic rings. The van der Waals surface area contributed by atoms with Crippen molar-refractivity contribution in [2.45, 2.75) is 25.3 Å². The molecule has 21 heavy (non-hydrogen) atoms. The van der Waals surface area contributed by atoms with Crippen LogP contribution in [0.15, 0.2) is 42.6 Å². The first-order valence-electron chi connectivity index (χ1n) is 7.13. The summed E-state index contributed by atoms with van der Waals surface area (Å²) in [6, 6.07) is 11.0. The number of carbonyl (C=O) groups is 1. The molecule has 0 saturated carbocycles. The standard InChI is InChI=1S/C17H17FN2O/c1-20(17(21)13-9-10-19-16(18)11-13)15-8-4-6-12-5-2-3-7-14(12)15/h2-3,5,7,9-11,15H,4,6,8H2,1H3. The molecule has 1 aliphatic carbocycles. The number of pyridine rings is 1. The molecule has 0 saturated heterocycles. The molecule has 0 radical (unpaired) electrons. The Labute approximate surface area is 123 Å². The van der Waals surface area contributed by atoms with E-state index < -0.39 is 5.95 Å². The molecule has 1 heterocycles. The molecule has 3 nitrogen and oxygen atoms in total. The third kappa shape index (κ3) is 2.66. The molecule has 0 aliphatic heterocycles. The Morgan fingerprint density at radius 1 is 1.33 bits per heavy atom. The zero-order chi connectivity index (χ0) is 14.8. The summed E-state index contributed by atoms with van der Waals surface area (Å²) in [5, 5.41) is 0. The first-order valence-corrected chi connectivity index (χ1v) is 7.13. The van der Waals surface area contributed by atoms with Gasteiger partial charge in [-0.1, -0.05) is 24.3 Å². The average Bonchev–Trinajstić information content (AvgIpc) is 2.53. The maximum Gasteiger partial charge on any atom is 0.254 e. The number of hydrogen-bond acceptors (Lipinski definition) is 2. The maximum absolute atomic E-state index is 13.2. The van der Waals surface area contributed by atoms with E-state index in [4.69, 9.17) is 0 Å². The van der Waals surface area contributed by atoms with Crippen LogP contribution in [-0.4, -0.2) is 22.8 Å². The Balaban J connectivity index is 1.89. The number of rotatable bonds is 2. The summed E-state index contributed by atoms with van der Waals surface area (Å²) in [7, 11) is 1.79. The van der Waals surface area contributed by atoms with Gasteiger partial charge in [0, 0.05) is 24.9 Å². The van der Waals surface area contributed by atoms with Gasteiger partial charge in [-0.15, -0.1) is 0 Å². The van der Waals surface area contributed by atoms with Crippen molar-refractivity contribution in [3.05, 3.63) is 65.2 Å². The second-order valence-corrected chi connectivity index (χ2v) is 5.39.